The van der Waals surface area contributed by atoms with Crippen LogP contribution in [0.4, 0.5) is 13.2 Å². The van der Waals surface area contributed by atoms with Gasteiger partial charge in [0.2, 0.25) is 5.01 Å². The molecule has 1 heterocycles. The zero-order chi connectivity index (χ0) is 15.6. The Morgan fingerprint density at radius 2 is 2.00 bits per heavy atom. The van der Waals surface area contributed by atoms with Crippen LogP contribution in [0.1, 0.15) is 27.1 Å². The first-order valence-corrected chi connectivity index (χ1v) is 6.78. The molecule has 0 radical (unpaired) electrons. The molecule has 1 unspecified atom stereocenters. The predicted molar refractivity (Wildman–Crippen MR) is 70.2 cm³/mol. The van der Waals surface area contributed by atoms with Gasteiger partial charge in [-0.25, -0.2) is 0 Å². The minimum absolute atomic E-state index is 0.0779. The van der Waals surface area contributed by atoms with Gasteiger partial charge in [-0.2, -0.15) is 13.2 Å². The maximum Gasteiger partial charge on any atom is 0.445 e. The molecule has 2 rings (SSSR count). The third kappa shape index (κ3) is 3.57. The number of carbonyl (C=O) groups is 1. The molecular formula is C13H11F3N2O2S. The molecule has 0 saturated carbocycles. The van der Waals surface area contributed by atoms with Crippen molar-refractivity contribution in [3.63, 3.8) is 0 Å². The van der Waals surface area contributed by atoms with Crippen molar-refractivity contribution in [1.82, 2.24) is 10.2 Å². The van der Waals surface area contributed by atoms with E-state index in [2.05, 4.69) is 10.2 Å². The van der Waals surface area contributed by atoms with Gasteiger partial charge in [0.1, 0.15) is 10.9 Å². The summed E-state index contributed by atoms with van der Waals surface area (Å²) < 4.78 is 37.6. The molecule has 0 saturated heterocycles. The third-order valence-electron chi connectivity index (χ3n) is 2.96. The van der Waals surface area contributed by atoms with Gasteiger partial charge in [0.05, 0.1) is 0 Å². The van der Waals surface area contributed by atoms with E-state index < -0.39 is 23.1 Å². The fraction of sp³-hybridized carbons (Fsp3) is 0.308. The number of rotatable bonds is 4. The molecule has 112 valence electrons. The highest BCUT2D eigenvalue weighted by molar-refractivity contribution is 7.11. The first-order chi connectivity index (χ1) is 9.79. The number of aliphatic carboxylic acids is 1. The standard InChI is InChI=1S/C13H11F3N2O2S/c1-7-4-2-3-5-8(7)6-9(11(19)20)10-17-18-12(21-10)13(14,15)16/h2-5,9H,6H2,1H3,(H,19,20). The van der Waals surface area contributed by atoms with E-state index in [1.165, 1.54) is 0 Å². The monoisotopic (exact) mass is 316 g/mol. The average Bonchev–Trinajstić information content (AvgIpc) is 2.86. The van der Waals surface area contributed by atoms with E-state index in [0.29, 0.717) is 0 Å². The number of hydrogen-bond acceptors (Lipinski definition) is 4. The number of aromatic nitrogens is 2. The van der Waals surface area contributed by atoms with Crippen LogP contribution < -0.4 is 0 Å². The molecule has 4 nitrogen and oxygen atoms in total. The lowest BCUT2D eigenvalue weighted by molar-refractivity contribution is -0.139. The Balaban J connectivity index is 2.30. The first-order valence-electron chi connectivity index (χ1n) is 5.97. The van der Waals surface area contributed by atoms with E-state index in [-0.39, 0.29) is 22.8 Å². The van der Waals surface area contributed by atoms with Crippen LogP contribution in [0.25, 0.3) is 0 Å². The van der Waals surface area contributed by atoms with E-state index in [1.807, 2.05) is 13.0 Å². The second kappa shape index (κ2) is 5.80. The molecule has 0 amide bonds. The number of aryl methyl sites for hydroxylation is 1. The van der Waals surface area contributed by atoms with Gasteiger partial charge in [-0.3, -0.25) is 4.79 Å². The highest BCUT2D eigenvalue weighted by Gasteiger charge is 2.37. The van der Waals surface area contributed by atoms with Crippen LogP contribution in [-0.2, 0) is 17.4 Å². The Bertz CT molecular complexity index is 655. The summed E-state index contributed by atoms with van der Waals surface area (Å²) in [6, 6.07) is 7.12. The van der Waals surface area contributed by atoms with Gasteiger partial charge in [-0.15, -0.1) is 10.2 Å². The number of carboxylic acids is 1. The van der Waals surface area contributed by atoms with Crippen molar-refractivity contribution in [2.75, 3.05) is 0 Å². The van der Waals surface area contributed by atoms with Crippen molar-refractivity contribution in [3.05, 3.63) is 45.4 Å². The number of hydrogen-bond donors (Lipinski definition) is 1. The average molecular weight is 316 g/mol. The van der Waals surface area contributed by atoms with E-state index in [1.54, 1.807) is 18.2 Å². The molecule has 21 heavy (non-hydrogen) atoms. The van der Waals surface area contributed by atoms with Gasteiger partial charge in [0, 0.05) is 0 Å². The van der Waals surface area contributed by atoms with Crippen LogP contribution in [0, 0.1) is 6.92 Å². The maximum absolute atomic E-state index is 12.5. The van der Waals surface area contributed by atoms with Crippen LogP contribution in [0.2, 0.25) is 0 Å². The SMILES string of the molecule is Cc1ccccc1CC(C(=O)O)c1nnc(C(F)(F)F)s1. The second-order valence-electron chi connectivity index (χ2n) is 4.46. The number of carboxylic acid groups (broad SMARTS) is 1. The number of alkyl halides is 3. The number of nitrogens with zero attached hydrogens (tertiary/aromatic N) is 2. The van der Waals surface area contributed by atoms with Crippen LogP contribution in [0.5, 0.6) is 0 Å². The van der Waals surface area contributed by atoms with E-state index in [0.717, 1.165) is 11.1 Å². The highest BCUT2D eigenvalue weighted by atomic mass is 32.1. The quantitative estimate of drug-likeness (QED) is 0.940. The second-order valence-corrected chi connectivity index (χ2v) is 5.47. The summed E-state index contributed by atoms with van der Waals surface area (Å²) in [5.74, 6) is -2.36. The van der Waals surface area contributed by atoms with E-state index in [4.69, 9.17) is 0 Å². The first kappa shape index (κ1) is 15.4. The van der Waals surface area contributed by atoms with Gasteiger partial charge >= 0.3 is 12.1 Å². The molecule has 1 aromatic carbocycles. The van der Waals surface area contributed by atoms with Crippen LogP contribution in [0.3, 0.4) is 0 Å². The summed E-state index contributed by atoms with van der Waals surface area (Å²) in [7, 11) is 0. The lowest BCUT2D eigenvalue weighted by Gasteiger charge is -2.11. The lowest BCUT2D eigenvalue weighted by atomic mass is 9.97. The normalized spacial score (nSPS) is 13.1. The summed E-state index contributed by atoms with van der Waals surface area (Å²) in [6.07, 6.45) is -4.53. The number of halogens is 3. The Hall–Kier alpha value is -1.96. The molecule has 0 spiro atoms. The molecule has 1 atom stereocenters. The third-order valence-corrected chi connectivity index (χ3v) is 4.05. The van der Waals surface area contributed by atoms with Crippen molar-refractivity contribution in [2.45, 2.75) is 25.4 Å². The molecule has 0 aliphatic heterocycles. The van der Waals surface area contributed by atoms with E-state index in [9.17, 15) is 23.1 Å². The Morgan fingerprint density at radius 3 is 2.52 bits per heavy atom. The summed E-state index contributed by atoms with van der Waals surface area (Å²) >= 11 is 0.273. The minimum Gasteiger partial charge on any atom is -0.481 e. The largest absolute Gasteiger partial charge is 0.481 e. The maximum atomic E-state index is 12.5. The van der Waals surface area contributed by atoms with Crippen molar-refractivity contribution in [1.29, 1.82) is 0 Å². The topological polar surface area (TPSA) is 63.1 Å². The zero-order valence-electron chi connectivity index (χ0n) is 10.9. The molecule has 0 fully saturated rings. The summed E-state index contributed by atoms with van der Waals surface area (Å²) in [4.78, 5) is 11.3. The van der Waals surface area contributed by atoms with Gasteiger partial charge in [0.25, 0.3) is 0 Å². The van der Waals surface area contributed by atoms with Crippen LogP contribution in [0.15, 0.2) is 24.3 Å². The van der Waals surface area contributed by atoms with Gasteiger partial charge in [-0.1, -0.05) is 35.6 Å². The van der Waals surface area contributed by atoms with Crippen LogP contribution >= 0.6 is 11.3 Å². The fourth-order valence-electron chi connectivity index (χ4n) is 1.83. The summed E-state index contributed by atoms with van der Waals surface area (Å²) in [5, 5.41) is 14.4. The number of benzene rings is 1. The lowest BCUT2D eigenvalue weighted by Crippen LogP contribution is -2.14. The highest BCUT2D eigenvalue weighted by Crippen LogP contribution is 2.34. The summed E-state index contributed by atoms with van der Waals surface area (Å²) in [6.45, 7) is 1.81. The van der Waals surface area contributed by atoms with Crippen molar-refractivity contribution < 1.29 is 23.1 Å². The van der Waals surface area contributed by atoms with Gasteiger partial charge in [-0.05, 0) is 24.5 Å². The molecule has 1 aromatic heterocycles. The summed E-state index contributed by atoms with van der Waals surface area (Å²) in [5.41, 5.74) is 1.64. The van der Waals surface area contributed by atoms with Crippen molar-refractivity contribution in [2.24, 2.45) is 0 Å². The fourth-order valence-corrected chi connectivity index (χ4v) is 2.63. The van der Waals surface area contributed by atoms with E-state index >= 15 is 0 Å². The molecule has 1 N–H and O–H groups in total. The Labute approximate surface area is 122 Å². The Morgan fingerprint density at radius 1 is 1.33 bits per heavy atom. The molecule has 2 aromatic rings. The van der Waals surface area contributed by atoms with Crippen LogP contribution in [-0.4, -0.2) is 21.3 Å². The van der Waals surface area contributed by atoms with Crippen molar-refractivity contribution >= 4 is 17.3 Å². The van der Waals surface area contributed by atoms with Gasteiger partial charge in [0.15, 0.2) is 0 Å². The molecular weight excluding hydrogens is 305 g/mol. The zero-order valence-corrected chi connectivity index (χ0v) is 11.7. The van der Waals surface area contributed by atoms with Gasteiger partial charge < -0.3 is 5.11 Å². The molecule has 0 aliphatic rings. The smallest absolute Gasteiger partial charge is 0.445 e. The predicted octanol–water partition coefficient (Wildman–Crippen LogP) is 3.28. The molecule has 8 heteroatoms. The molecule has 0 aliphatic carbocycles. The minimum atomic E-state index is -4.61. The molecule has 0 bridgehead atoms. The van der Waals surface area contributed by atoms with Crippen molar-refractivity contribution in [3.8, 4) is 0 Å². The Kier molecular flexibility index (Phi) is 4.26.